The number of hydrogen-bond acceptors (Lipinski definition) is 3. The van der Waals surface area contributed by atoms with E-state index in [0.29, 0.717) is 23.7 Å². The Morgan fingerprint density at radius 2 is 2.15 bits per heavy atom. The molecule has 20 heavy (non-hydrogen) atoms. The molecular weight excluding hydrogens is 250 g/mol. The highest BCUT2D eigenvalue weighted by Crippen LogP contribution is 2.35. The van der Waals surface area contributed by atoms with Gasteiger partial charge in [0.15, 0.2) is 0 Å². The van der Waals surface area contributed by atoms with E-state index in [-0.39, 0.29) is 5.92 Å². The molecule has 0 aliphatic heterocycles. The Morgan fingerprint density at radius 3 is 2.75 bits per heavy atom. The normalized spacial score (nSPS) is 30.9. The molecule has 3 unspecified atom stereocenters. The lowest BCUT2D eigenvalue weighted by Crippen LogP contribution is -2.40. The van der Waals surface area contributed by atoms with E-state index in [4.69, 9.17) is 4.42 Å². The number of hydrogen-bond donors (Lipinski definition) is 0. The Bertz CT molecular complexity index is 450. The first-order chi connectivity index (χ1) is 9.63. The van der Waals surface area contributed by atoms with E-state index in [1.54, 1.807) is 6.26 Å². The van der Waals surface area contributed by atoms with Gasteiger partial charge in [-0.25, -0.2) is 0 Å². The van der Waals surface area contributed by atoms with E-state index in [2.05, 4.69) is 18.7 Å². The summed E-state index contributed by atoms with van der Waals surface area (Å²) in [7, 11) is 0. The number of carbonyl (C=O) groups excluding carboxylic acids is 1. The van der Waals surface area contributed by atoms with Crippen molar-refractivity contribution in [2.75, 3.05) is 6.54 Å². The molecule has 3 atom stereocenters. The molecule has 3 rings (SSSR count). The van der Waals surface area contributed by atoms with Crippen molar-refractivity contribution in [2.45, 2.75) is 52.1 Å². The second kappa shape index (κ2) is 5.72. The number of furan rings is 1. The fourth-order valence-electron chi connectivity index (χ4n) is 3.61. The third-order valence-electron chi connectivity index (χ3n) is 4.86. The van der Waals surface area contributed by atoms with Crippen LogP contribution in [0.5, 0.6) is 0 Å². The van der Waals surface area contributed by atoms with Crippen molar-refractivity contribution in [2.24, 2.45) is 17.8 Å². The molecule has 3 nitrogen and oxygen atoms in total. The summed E-state index contributed by atoms with van der Waals surface area (Å²) in [5.41, 5.74) is 0. The summed E-state index contributed by atoms with van der Waals surface area (Å²) in [6.07, 6.45) is 6.24. The van der Waals surface area contributed by atoms with E-state index in [1.807, 2.05) is 12.1 Å². The van der Waals surface area contributed by atoms with Gasteiger partial charge in [0.2, 0.25) is 0 Å². The summed E-state index contributed by atoms with van der Waals surface area (Å²) in [6, 6.07) is 4.64. The van der Waals surface area contributed by atoms with Gasteiger partial charge in [0, 0.05) is 24.9 Å². The van der Waals surface area contributed by atoms with Gasteiger partial charge in [-0.1, -0.05) is 13.8 Å². The number of carbonyl (C=O) groups is 1. The van der Waals surface area contributed by atoms with Crippen molar-refractivity contribution >= 4 is 5.78 Å². The minimum atomic E-state index is 0.224. The quantitative estimate of drug-likeness (QED) is 0.824. The predicted molar refractivity (Wildman–Crippen MR) is 78.2 cm³/mol. The topological polar surface area (TPSA) is 33.5 Å². The molecule has 0 aromatic carbocycles. The molecule has 1 heterocycles. The Kier molecular flexibility index (Phi) is 3.97. The summed E-state index contributed by atoms with van der Waals surface area (Å²) < 4.78 is 5.48. The van der Waals surface area contributed by atoms with Gasteiger partial charge in [0.1, 0.15) is 11.5 Å². The van der Waals surface area contributed by atoms with Crippen LogP contribution in [0.3, 0.4) is 0 Å². The first-order valence-corrected chi connectivity index (χ1v) is 7.92. The van der Waals surface area contributed by atoms with Crippen LogP contribution in [0.4, 0.5) is 0 Å². The molecule has 110 valence electrons. The maximum Gasteiger partial charge on any atom is 0.137 e. The van der Waals surface area contributed by atoms with Crippen molar-refractivity contribution in [3.8, 4) is 0 Å². The molecule has 0 saturated heterocycles. The summed E-state index contributed by atoms with van der Waals surface area (Å²) >= 11 is 0. The van der Waals surface area contributed by atoms with E-state index < -0.39 is 0 Å². The fourth-order valence-corrected chi connectivity index (χ4v) is 3.61. The monoisotopic (exact) mass is 275 g/mol. The number of Topliss-reactive ketones (excluding diaryl/α,β-unsaturated/α-hetero) is 1. The highest BCUT2D eigenvalue weighted by molar-refractivity contribution is 5.82. The van der Waals surface area contributed by atoms with Crippen molar-refractivity contribution in [3.05, 3.63) is 24.2 Å². The maximum atomic E-state index is 12.3. The molecule has 0 radical (unpaired) electrons. The lowest BCUT2D eigenvalue weighted by Gasteiger charge is -2.35. The van der Waals surface area contributed by atoms with Gasteiger partial charge in [-0.05, 0) is 43.2 Å². The minimum absolute atomic E-state index is 0.224. The van der Waals surface area contributed by atoms with E-state index in [0.717, 1.165) is 25.3 Å². The molecule has 2 aliphatic rings. The second-order valence-corrected chi connectivity index (χ2v) is 6.84. The maximum absolute atomic E-state index is 12.3. The summed E-state index contributed by atoms with van der Waals surface area (Å²) in [4.78, 5) is 14.8. The zero-order valence-electron chi connectivity index (χ0n) is 12.5. The largest absolute Gasteiger partial charge is 0.468 e. The smallest absolute Gasteiger partial charge is 0.137 e. The van der Waals surface area contributed by atoms with Crippen LogP contribution < -0.4 is 0 Å². The third kappa shape index (κ3) is 3.14. The van der Waals surface area contributed by atoms with Crippen LogP contribution in [0.15, 0.2) is 22.8 Å². The van der Waals surface area contributed by atoms with E-state index >= 15 is 0 Å². The first kappa shape index (κ1) is 13.9. The van der Waals surface area contributed by atoms with Crippen molar-refractivity contribution in [3.63, 3.8) is 0 Å². The van der Waals surface area contributed by atoms with Crippen LogP contribution in [-0.2, 0) is 11.3 Å². The van der Waals surface area contributed by atoms with Gasteiger partial charge in [0.25, 0.3) is 0 Å². The zero-order valence-corrected chi connectivity index (χ0v) is 12.5. The molecule has 1 aromatic rings. The van der Waals surface area contributed by atoms with Gasteiger partial charge < -0.3 is 4.42 Å². The fraction of sp³-hybridized carbons (Fsp3) is 0.706. The van der Waals surface area contributed by atoms with Gasteiger partial charge in [0.05, 0.1) is 12.8 Å². The second-order valence-electron chi connectivity index (χ2n) is 6.84. The average molecular weight is 275 g/mol. The SMILES string of the molecule is CC1CC(=O)C(CN(Cc2ccco2)C2CC2)C(C)C1. The lowest BCUT2D eigenvalue weighted by atomic mass is 9.74. The summed E-state index contributed by atoms with van der Waals surface area (Å²) in [5, 5.41) is 0. The van der Waals surface area contributed by atoms with Crippen LogP contribution in [-0.4, -0.2) is 23.3 Å². The van der Waals surface area contributed by atoms with Crippen LogP contribution in [0.2, 0.25) is 0 Å². The predicted octanol–water partition coefficient (Wildman–Crippen LogP) is 3.50. The zero-order chi connectivity index (χ0) is 14.1. The molecular formula is C17H25NO2. The van der Waals surface area contributed by atoms with E-state index in [9.17, 15) is 4.79 Å². The molecule has 2 fully saturated rings. The number of nitrogens with zero attached hydrogens (tertiary/aromatic N) is 1. The highest BCUT2D eigenvalue weighted by atomic mass is 16.3. The number of rotatable bonds is 5. The third-order valence-corrected chi connectivity index (χ3v) is 4.86. The van der Waals surface area contributed by atoms with Gasteiger partial charge in [-0.2, -0.15) is 0 Å². The van der Waals surface area contributed by atoms with Crippen LogP contribution >= 0.6 is 0 Å². The van der Waals surface area contributed by atoms with Gasteiger partial charge in [-0.15, -0.1) is 0 Å². The lowest BCUT2D eigenvalue weighted by molar-refractivity contribution is -0.128. The standard InChI is InChI=1S/C17H25NO2/c1-12-8-13(2)16(17(19)9-12)11-18(14-5-6-14)10-15-4-3-7-20-15/h3-4,7,12-14,16H,5-6,8-11H2,1-2H3. The molecule has 2 saturated carbocycles. The molecule has 0 N–H and O–H groups in total. The molecule has 0 spiro atoms. The molecule has 3 heteroatoms. The molecule has 1 aromatic heterocycles. The Balaban J connectivity index is 1.65. The van der Waals surface area contributed by atoms with Crippen LogP contribution in [0, 0.1) is 17.8 Å². The Hall–Kier alpha value is -1.09. The average Bonchev–Trinajstić information content (AvgIpc) is 3.10. The first-order valence-electron chi connectivity index (χ1n) is 7.92. The van der Waals surface area contributed by atoms with Crippen LogP contribution in [0.1, 0.15) is 45.3 Å². The summed E-state index contributed by atoms with van der Waals surface area (Å²) in [6.45, 7) is 6.21. The van der Waals surface area contributed by atoms with Crippen molar-refractivity contribution < 1.29 is 9.21 Å². The Morgan fingerprint density at radius 1 is 1.35 bits per heavy atom. The molecule has 0 bridgehead atoms. The number of ketones is 1. The Labute approximate surface area is 121 Å². The van der Waals surface area contributed by atoms with Crippen molar-refractivity contribution in [1.82, 2.24) is 4.90 Å². The molecule has 0 amide bonds. The summed E-state index contributed by atoms with van der Waals surface area (Å²) in [5.74, 6) is 2.79. The van der Waals surface area contributed by atoms with Crippen LogP contribution in [0.25, 0.3) is 0 Å². The minimum Gasteiger partial charge on any atom is -0.468 e. The van der Waals surface area contributed by atoms with Gasteiger partial charge >= 0.3 is 0 Å². The van der Waals surface area contributed by atoms with Crippen molar-refractivity contribution in [1.29, 1.82) is 0 Å². The van der Waals surface area contributed by atoms with Gasteiger partial charge in [-0.3, -0.25) is 9.69 Å². The highest BCUT2D eigenvalue weighted by Gasteiger charge is 2.37. The molecule has 2 aliphatic carbocycles. The van der Waals surface area contributed by atoms with E-state index in [1.165, 1.54) is 19.3 Å².